The van der Waals surface area contributed by atoms with Crippen LogP contribution in [0.25, 0.3) is 22.6 Å². The van der Waals surface area contributed by atoms with Crippen LogP contribution in [0.15, 0.2) is 42.6 Å². The Morgan fingerprint density at radius 3 is 2.53 bits per heavy atom. The first-order valence-corrected chi connectivity index (χ1v) is 9.56. The Morgan fingerprint density at radius 1 is 1.10 bits per heavy atom. The Hall–Kier alpha value is -3.56. The zero-order valence-corrected chi connectivity index (χ0v) is 16.5. The van der Waals surface area contributed by atoms with E-state index in [1.54, 1.807) is 10.9 Å². The zero-order chi connectivity index (χ0) is 21.1. The summed E-state index contributed by atoms with van der Waals surface area (Å²) in [5.74, 6) is -2.48. The number of aryl methyl sites for hydroxylation is 1. The third-order valence-corrected chi connectivity index (χ3v) is 4.57. The van der Waals surface area contributed by atoms with Crippen LogP contribution in [-0.4, -0.2) is 40.4 Å². The molecule has 10 heteroatoms. The van der Waals surface area contributed by atoms with Crippen molar-refractivity contribution in [2.45, 2.75) is 39.2 Å². The fourth-order valence-electron chi connectivity index (χ4n) is 3.14. The van der Waals surface area contributed by atoms with Gasteiger partial charge in [-0.2, -0.15) is 8.78 Å². The number of nitrogens with one attached hydrogen (secondary N) is 1. The molecule has 0 radical (unpaired) electrons. The SMILES string of the molecule is CCCn1nc(C(C)(F)F)nc1Cc1ccc(-c2ccccc2-c2nnn[nH]2)nc1. The monoisotopic (exact) mass is 410 g/mol. The normalized spacial score (nSPS) is 11.7. The number of hydrogen-bond donors (Lipinski definition) is 1. The summed E-state index contributed by atoms with van der Waals surface area (Å²) in [5, 5.41) is 18.0. The minimum absolute atomic E-state index is 0.365. The highest BCUT2D eigenvalue weighted by Gasteiger charge is 2.31. The predicted octanol–water partition coefficient (Wildman–Crippen LogP) is 3.63. The summed E-state index contributed by atoms with van der Waals surface area (Å²) in [4.78, 5) is 8.63. The first kappa shape index (κ1) is 19.7. The lowest BCUT2D eigenvalue weighted by molar-refractivity contribution is 0.00751. The molecule has 0 spiro atoms. The van der Waals surface area contributed by atoms with Crippen LogP contribution >= 0.6 is 0 Å². The number of aromatic nitrogens is 8. The van der Waals surface area contributed by atoms with Gasteiger partial charge in [0.05, 0.1) is 5.69 Å². The molecule has 154 valence electrons. The third-order valence-electron chi connectivity index (χ3n) is 4.57. The maximum Gasteiger partial charge on any atom is 0.305 e. The van der Waals surface area contributed by atoms with E-state index < -0.39 is 11.7 Å². The van der Waals surface area contributed by atoms with Crippen LogP contribution in [0.4, 0.5) is 8.78 Å². The maximum atomic E-state index is 13.7. The predicted molar refractivity (Wildman–Crippen MR) is 106 cm³/mol. The maximum absolute atomic E-state index is 13.7. The second-order valence-electron chi connectivity index (χ2n) is 6.99. The van der Waals surface area contributed by atoms with Crippen molar-refractivity contribution in [1.82, 2.24) is 40.4 Å². The highest BCUT2D eigenvalue weighted by molar-refractivity contribution is 5.78. The Kier molecular flexibility index (Phi) is 5.30. The molecule has 3 aromatic heterocycles. The standard InChI is InChI=1S/C20H20F2N8/c1-3-10-30-17(24-19(27-30)20(2,21)22)11-13-8-9-16(23-12-13)14-6-4-5-7-15(14)18-25-28-29-26-18/h4-9,12H,3,10-11H2,1-2H3,(H,25,26,28,29). The van der Waals surface area contributed by atoms with Crippen LogP contribution < -0.4 is 0 Å². The molecule has 0 atom stereocenters. The van der Waals surface area contributed by atoms with E-state index >= 15 is 0 Å². The summed E-state index contributed by atoms with van der Waals surface area (Å²) in [6.45, 7) is 3.30. The van der Waals surface area contributed by atoms with E-state index in [1.807, 2.05) is 43.3 Å². The van der Waals surface area contributed by atoms with Crippen molar-refractivity contribution >= 4 is 0 Å². The Labute approximate surface area is 171 Å². The molecule has 30 heavy (non-hydrogen) atoms. The van der Waals surface area contributed by atoms with E-state index in [-0.39, 0.29) is 0 Å². The van der Waals surface area contributed by atoms with E-state index in [9.17, 15) is 8.78 Å². The minimum atomic E-state index is -3.07. The molecule has 3 heterocycles. The first-order valence-electron chi connectivity index (χ1n) is 9.56. The van der Waals surface area contributed by atoms with Gasteiger partial charge < -0.3 is 0 Å². The molecule has 0 amide bonds. The van der Waals surface area contributed by atoms with Gasteiger partial charge >= 0.3 is 5.92 Å². The van der Waals surface area contributed by atoms with Crippen LogP contribution in [0, 0.1) is 0 Å². The second-order valence-corrected chi connectivity index (χ2v) is 6.99. The smallest absolute Gasteiger partial charge is 0.256 e. The average molecular weight is 410 g/mol. The molecule has 1 aromatic carbocycles. The molecular weight excluding hydrogens is 390 g/mol. The van der Waals surface area contributed by atoms with Gasteiger partial charge in [-0.05, 0) is 28.5 Å². The number of alkyl halides is 2. The van der Waals surface area contributed by atoms with Gasteiger partial charge in [-0.1, -0.05) is 37.3 Å². The van der Waals surface area contributed by atoms with Crippen molar-refractivity contribution in [1.29, 1.82) is 0 Å². The van der Waals surface area contributed by atoms with Gasteiger partial charge in [-0.25, -0.2) is 14.8 Å². The highest BCUT2D eigenvalue weighted by Crippen LogP contribution is 2.29. The molecule has 4 aromatic rings. The van der Waals surface area contributed by atoms with E-state index in [1.165, 1.54) is 0 Å². The van der Waals surface area contributed by atoms with Crippen LogP contribution in [0.3, 0.4) is 0 Å². The number of halogens is 2. The topological polar surface area (TPSA) is 98.1 Å². The van der Waals surface area contributed by atoms with E-state index in [4.69, 9.17) is 0 Å². The lowest BCUT2D eigenvalue weighted by atomic mass is 10.0. The van der Waals surface area contributed by atoms with Gasteiger partial charge in [0.2, 0.25) is 5.82 Å². The second kappa shape index (κ2) is 8.05. The van der Waals surface area contributed by atoms with E-state index in [2.05, 4.69) is 35.7 Å². The van der Waals surface area contributed by atoms with Crippen molar-refractivity contribution in [2.24, 2.45) is 0 Å². The Morgan fingerprint density at radius 2 is 1.90 bits per heavy atom. The van der Waals surface area contributed by atoms with Crippen LogP contribution in [0.1, 0.15) is 37.5 Å². The van der Waals surface area contributed by atoms with E-state index in [0.29, 0.717) is 24.6 Å². The van der Waals surface area contributed by atoms with Crippen molar-refractivity contribution in [3.8, 4) is 22.6 Å². The lowest BCUT2D eigenvalue weighted by Gasteiger charge is -2.08. The highest BCUT2D eigenvalue weighted by atomic mass is 19.3. The quantitative estimate of drug-likeness (QED) is 0.500. The number of aromatic amines is 1. The zero-order valence-electron chi connectivity index (χ0n) is 16.5. The molecule has 0 unspecified atom stereocenters. The number of tetrazole rings is 1. The molecule has 4 rings (SSSR count). The summed E-state index contributed by atoms with van der Waals surface area (Å²) in [5.41, 5.74) is 3.32. The number of H-pyrrole nitrogens is 1. The van der Waals surface area contributed by atoms with Gasteiger partial charge in [0.15, 0.2) is 5.82 Å². The van der Waals surface area contributed by atoms with Crippen LogP contribution in [0.2, 0.25) is 0 Å². The van der Waals surface area contributed by atoms with Gasteiger partial charge in [0.25, 0.3) is 0 Å². The molecule has 0 bridgehead atoms. The molecule has 0 aliphatic carbocycles. The van der Waals surface area contributed by atoms with Gasteiger partial charge in [-0.15, -0.1) is 10.2 Å². The van der Waals surface area contributed by atoms with Crippen molar-refractivity contribution < 1.29 is 8.78 Å². The lowest BCUT2D eigenvalue weighted by Crippen LogP contribution is -2.10. The first-order chi connectivity index (χ1) is 14.5. The molecule has 8 nitrogen and oxygen atoms in total. The summed E-state index contributed by atoms with van der Waals surface area (Å²) >= 11 is 0. The van der Waals surface area contributed by atoms with E-state index in [0.717, 1.165) is 35.7 Å². The van der Waals surface area contributed by atoms with Gasteiger partial charge in [0, 0.05) is 37.2 Å². The van der Waals surface area contributed by atoms with Crippen molar-refractivity contribution in [2.75, 3.05) is 0 Å². The fourth-order valence-corrected chi connectivity index (χ4v) is 3.14. The summed E-state index contributed by atoms with van der Waals surface area (Å²) in [7, 11) is 0. The number of benzene rings is 1. The molecule has 0 aliphatic rings. The largest absolute Gasteiger partial charge is 0.305 e. The number of pyridine rings is 1. The summed E-state index contributed by atoms with van der Waals surface area (Å²) in [6, 6.07) is 11.5. The molecule has 0 aliphatic heterocycles. The van der Waals surface area contributed by atoms with Crippen LogP contribution in [-0.2, 0) is 18.9 Å². The van der Waals surface area contributed by atoms with Crippen molar-refractivity contribution in [3.63, 3.8) is 0 Å². The van der Waals surface area contributed by atoms with Crippen molar-refractivity contribution in [3.05, 3.63) is 59.8 Å². The average Bonchev–Trinajstić information content (AvgIpc) is 3.39. The summed E-state index contributed by atoms with van der Waals surface area (Å²) in [6.07, 6.45) is 2.86. The fraction of sp³-hybridized carbons (Fsp3) is 0.300. The number of rotatable bonds is 7. The third kappa shape index (κ3) is 4.07. The molecular formula is C20H20F2N8. The van der Waals surface area contributed by atoms with Gasteiger partial charge in [-0.3, -0.25) is 4.98 Å². The Balaban J connectivity index is 1.61. The molecule has 0 saturated carbocycles. The minimum Gasteiger partial charge on any atom is -0.256 e. The molecule has 1 N–H and O–H groups in total. The van der Waals surface area contributed by atoms with Crippen LogP contribution in [0.5, 0.6) is 0 Å². The Bertz CT molecular complexity index is 1110. The van der Waals surface area contributed by atoms with Gasteiger partial charge in [0.1, 0.15) is 5.82 Å². The number of nitrogens with zero attached hydrogens (tertiary/aromatic N) is 7. The summed E-state index contributed by atoms with van der Waals surface area (Å²) < 4.78 is 28.9. The molecule has 0 saturated heterocycles. The number of hydrogen-bond acceptors (Lipinski definition) is 6. The molecule has 0 fully saturated rings.